The number of halogens is 1. The molecular weight excluding hydrogens is 314 g/mol. The fourth-order valence-electron chi connectivity index (χ4n) is 2.42. The van der Waals surface area contributed by atoms with Gasteiger partial charge in [-0.2, -0.15) is 0 Å². The summed E-state index contributed by atoms with van der Waals surface area (Å²) in [5.74, 6) is 0.943. The summed E-state index contributed by atoms with van der Waals surface area (Å²) in [6.07, 6.45) is 0.590. The van der Waals surface area contributed by atoms with Crippen molar-refractivity contribution in [2.45, 2.75) is 13.3 Å². The molecule has 0 aliphatic carbocycles. The highest BCUT2D eigenvalue weighted by molar-refractivity contribution is 7.80. The average Bonchev–Trinajstić information content (AvgIpc) is 2.80. The van der Waals surface area contributed by atoms with E-state index >= 15 is 0 Å². The maximum atomic E-state index is 6.04. The van der Waals surface area contributed by atoms with Crippen LogP contribution >= 0.6 is 23.8 Å². The van der Waals surface area contributed by atoms with E-state index in [2.05, 4.69) is 20.9 Å². The molecule has 1 aromatic heterocycles. The van der Waals surface area contributed by atoms with E-state index in [0.717, 1.165) is 33.1 Å². The van der Waals surface area contributed by atoms with Crippen molar-refractivity contribution in [2.75, 3.05) is 5.32 Å². The van der Waals surface area contributed by atoms with Crippen LogP contribution in [0.5, 0.6) is 0 Å². The molecule has 0 saturated heterocycles. The zero-order valence-corrected chi connectivity index (χ0v) is 14.0. The Labute approximate surface area is 139 Å². The summed E-state index contributed by atoms with van der Waals surface area (Å²) in [7, 11) is 2.01. The molecule has 0 atom stereocenters. The van der Waals surface area contributed by atoms with Crippen LogP contribution in [0, 0.1) is 6.92 Å². The van der Waals surface area contributed by atoms with Crippen LogP contribution in [0.2, 0.25) is 5.02 Å². The van der Waals surface area contributed by atoms with Gasteiger partial charge in [-0.1, -0.05) is 42.0 Å². The SMILES string of the molecule is Cc1ccc(Cl)cc1NC(=S)Cc1nc2ccccc2n1C. The van der Waals surface area contributed by atoms with E-state index in [1.165, 1.54) is 0 Å². The Bertz CT molecular complexity index is 854. The second-order valence-corrected chi connectivity index (χ2v) is 6.19. The number of rotatable bonds is 3. The topological polar surface area (TPSA) is 29.9 Å². The van der Waals surface area contributed by atoms with Crippen molar-refractivity contribution in [3.8, 4) is 0 Å². The summed E-state index contributed by atoms with van der Waals surface area (Å²) in [4.78, 5) is 5.37. The molecule has 112 valence electrons. The van der Waals surface area contributed by atoms with Crippen molar-refractivity contribution in [2.24, 2.45) is 7.05 Å². The van der Waals surface area contributed by atoms with Crippen molar-refractivity contribution >= 4 is 45.5 Å². The minimum atomic E-state index is 0.590. The summed E-state index contributed by atoms with van der Waals surface area (Å²) in [5.41, 5.74) is 4.15. The van der Waals surface area contributed by atoms with Crippen LogP contribution in [0.15, 0.2) is 42.5 Å². The van der Waals surface area contributed by atoms with Crippen LogP contribution in [-0.2, 0) is 13.5 Å². The zero-order valence-electron chi connectivity index (χ0n) is 12.4. The second-order valence-electron chi connectivity index (χ2n) is 5.26. The molecule has 0 bridgehead atoms. The van der Waals surface area contributed by atoms with E-state index in [1.54, 1.807) is 0 Å². The molecule has 0 unspecified atom stereocenters. The Balaban J connectivity index is 1.81. The molecule has 1 heterocycles. The second kappa shape index (κ2) is 6.07. The highest BCUT2D eigenvalue weighted by Gasteiger charge is 2.10. The monoisotopic (exact) mass is 329 g/mol. The lowest BCUT2D eigenvalue weighted by Gasteiger charge is -2.11. The number of hydrogen-bond acceptors (Lipinski definition) is 2. The maximum absolute atomic E-state index is 6.04. The molecule has 0 fully saturated rings. The third-order valence-electron chi connectivity index (χ3n) is 3.67. The largest absolute Gasteiger partial charge is 0.349 e. The summed E-state index contributed by atoms with van der Waals surface area (Å²) >= 11 is 11.5. The van der Waals surface area contributed by atoms with Crippen LogP contribution in [-0.4, -0.2) is 14.5 Å². The molecule has 0 aliphatic heterocycles. The van der Waals surface area contributed by atoms with Crippen molar-refractivity contribution in [1.82, 2.24) is 9.55 Å². The van der Waals surface area contributed by atoms with Gasteiger partial charge >= 0.3 is 0 Å². The Hall–Kier alpha value is -1.91. The molecular formula is C17H16ClN3S. The van der Waals surface area contributed by atoms with Crippen LogP contribution in [0.4, 0.5) is 5.69 Å². The highest BCUT2D eigenvalue weighted by Crippen LogP contribution is 2.21. The van der Waals surface area contributed by atoms with E-state index in [-0.39, 0.29) is 0 Å². The number of hydrogen-bond donors (Lipinski definition) is 1. The Morgan fingerprint density at radius 3 is 2.82 bits per heavy atom. The smallest absolute Gasteiger partial charge is 0.116 e. The summed E-state index contributed by atoms with van der Waals surface area (Å²) in [5, 5.41) is 3.96. The van der Waals surface area contributed by atoms with Gasteiger partial charge in [-0.05, 0) is 36.8 Å². The first-order chi connectivity index (χ1) is 10.5. The van der Waals surface area contributed by atoms with Crippen molar-refractivity contribution in [1.29, 1.82) is 0 Å². The third-order valence-corrected chi connectivity index (χ3v) is 4.15. The van der Waals surface area contributed by atoms with Gasteiger partial charge in [-0.15, -0.1) is 0 Å². The lowest BCUT2D eigenvalue weighted by Crippen LogP contribution is -2.15. The van der Waals surface area contributed by atoms with Gasteiger partial charge in [0.2, 0.25) is 0 Å². The van der Waals surface area contributed by atoms with Crippen LogP contribution < -0.4 is 5.32 Å². The molecule has 3 aromatic rings. The van der Waals surface area contributed by atoms with Crippen molar-refractivity contribution in [3.63, 3.8) is 0 Å². The lowest BCUT2D eigenvalue weighted by molar-refractivity contribution is 0.866. The van der Waals surface area contributed by atoms with Gasteiger partial charge in [-0.3, -0.25) is 0 Å². The average molecular weight is 330 g/mol. The molecule has 0 saturated carbocycles. The van der Waals surface area contributed by atoms with Crippen LogP contribution in [0.3, 0.4) is 0 Å². The number of thiocarbonyl (C=S) groups is 1. The Kier molecular flexibility index (Phi) is 4.14. The molecule has 3 nitrogen and oxygen atoms in total. The molecule has 0 radical (unpaired) electrons. The quantitative estimate of drug-likeness (QED) is 0.717. The van der Waals surface area contributed by atoms with Crippen LogP contribution in [0.1, 0.15) is 11.4 Å². The van der Waals surface area contributed by atoms with Gasteiger partial charge in [0, 0.05) is 17.8 Å². The molecule has 1 N–H and O–H groups in total. The van der Waals surface area contributed by atoms with Gasteiger partial charge in [0.15, 0.2) is 0 Å². The first-order valence-corrected chi connectivity index (χ1v) is 7.79. The summed E-state index contributed by atoms with van der Waals surface area (Å²) < 4.78 is 2.08. The Morgan fingerprint density at radius 1 is 1.27 bits per heavy atom. The molecule has 0 amide bonds. The minimum absolute atomic E-state index is 0.590. The van der Waals surface area contributed by atoms with Gasteiger partial charge in [-0.25, -0.2) is 4.98 Å². The van der Waals surface area contributed by atoms with Gasteiger partial charge in [0.25, 0.3) is 0 Å². The normalized spacial score (nSPS) is 10.9. The summed E-state index contributed by atoms with van der Waals surface area (Å²) in [6, 6.07) is 13.8. The van der Waals surface area contributed by atoms with Crippen molar-refractivity contribution in [3.05, 3.63) is 58.9 Å². The number of benzene rings is 2. The first-order valence-electron chi connectivity index (χ1n) is 7.01. The van der Waals surface area contributed by atoms with Crippen LogP contribution in [0.25, 0.3) is 11.0 Å². The minimum Gasteiger partial charge on any atom is -0.349 e. The summed E-state index contributed by atoms with van der Waals surface area (Å²) in [6.45, 7) is 2.02. The highest BCUT2D eigenvalue weighted by atomic mass is 35.5. The molecule has 0 aliphatic rings. The van der Waals surface area contributed by atoms with E-state index in [1.807, 2.05) is 50.4 Å². The standard InChI is InChI=1S/C17H16ClN3S/c1-11-7-8-12(18)9-14(11)20-17(22)10-16-19-13-5-3-4-6-15(13)21(16)2/h3-9H,10H2,1-2H3,(H,20,22). The number of fused-ring (bicyclic) bond motifs is 1. The number of aromatic nitrogens is 2. The predicted molar refractivity (Wildman–Crippen MR) is 96.8 cm³/mol. The number of nitrogens with zero attached hydrogens (tertiary/aromatic N) is 2. The van der Waals surface area contributed by atoms with Gasteiger partial charge in [0.1, 0.15) is 5.82 Å². The first kappa shape index (κ1) is 15.0. The maximum Gasteiger partial charge on any atom is 0.116 e. The zero-order chi connectivity index (χ0) is 15.7. The molecule has 2 aromatic carbocycles. The number of nitrogens with one attached hydrogen (secondary N) is 1. The van der Waals surface area contributed by atoms with Crippen molar-refractivity contribution < 1.29 is 0 Å². The third kappa shape index (κ3) is 2.98. The molecule has 22 heavy (non-hydrogen) atoms. The van der Waals surface area contributed by atoms with Gasteiger partial charge < -0.3 is 9.88 Å². The van der Waals surface area contributed by atoms with E-state index in [9.17, 15) is 0 Å². The number of imidazole rings is 1. The molecule has 3 rings (SSSR count). The fraction of sp³-hybridized carbons (Fsp3) is 0.176. The number of anilines is 1. The Morgan fingerprint density at radius 2 is 2.05 bits per heavy atom. The molecule has 5 heteroatoms. The predicted octanol–water partition coefficient (Wildman–Crippen LogP) is 4.52. The van der Waals surface area contributed by atoms with E-state index in [4.69, 9.17) is 23.8 Å². The van der Waals surface area contributed by atoms with E-state index in [0.29, 0.717) is 11.4 Å². The fourth-order valence-corrected chi connectivity index (χ4v) is 2.83. The van der Waals surface area contributed by atoms with Gasteiger partial charge in [0.05, 0.1) is 22.4 Å². The number of para-hydroxylation sites is 2. The lowest BCUT2D eigenvalue weighted by atomic mass is 10.2. The van der Waals surface area contributed by atoms with E-state index < -0.39 is 0 Å². The molecule has 0 spiro atoms. The number of aryl methyl sites for hydroxylation is 2.